The SMILES string of the molecule is CC1(C(=O)c2cccs2)CCCC1. The average molecular weight is 194 g/mol. The molecule has 0 atom stereocenters. The Kier molecular flexibility index (Phi) is 2.24. The Hall–Kier alpha value is -0.630. The molecular formula is C11H14OS. The van der Waals surface area contributed by atoms with Crippen molar-refractivity contribution in [2.75, 3.05) is 0 Å². The van der Waals surface area contributed by atoms with Crippen LogP contribution in [0, 0.1) is 5.41 Å². The molecule has 2 rings (SSSR count). The van der Waals surface area contributed by atoms with Gasteiger partial charge in [0.1, 0.15) is 0 Å². The van der Waals surface area contributed by atoms with Gasteiger partial charge in [0.15, 0.2) is 5.78 Å². The van der Waals surface area contributed by atoms with Crippen molar-refractivity contribution in [2.24, 2.45) is 5.41 Å². The number of rotatable bonds is 2. The van der Waals surface area contributed by atoms with Crippen molar-refractivity contribution < 1.29 is 4.79 Å². The largest absolute Gasteiger partial charge is 0.293 e. The van der Waals surface area contributed by atoms with Crippen LogP contribution in [0.1, 0.15) is 42.3 Å². The second-order valence-corrected chi connectivity index (χ2v) is 5.02. The third-order valence-electron chi connectivity index (χ3n) is 3.00. The molecule has 0 saturated heterocycles. The molecule has 0 radical (unpaired) electrons. The first kappa shape index (κ1) is 8.95. The van der Waals surface area contributed by atoms with E-state index in [0.29, 0.717) is 5.78 Å². The molecule has 1 aromatic heterocycles. The van der Waals surface area contributed by atoms with E-state index < -0.39 is 0 Å². The summed E-state index contributed by atoms with van der Waals surface area (Å²) in [5.74, 6) is 0.361. The molecule has 0 aromatic carbocycles. The van der Waals surface area contributed by atoms with Crippen LogP contribution >= 0.6 is 11.3 Å². The summed E-state index contributed by atoms with van der Waals surface area (Å²) in [5.41, 5.74) is -0.0507. The Morgan fingerprint density at radius 2 is 2.15 bits per heavy atom. The first-order valence-corrected chi connectivity index (χ1v) is 5.69. The summed E-state index contributed by atoms with van der Waals surface area (Å²) < 4.78 is 0. The van der Waals surface area contributed by atoms with E-state index >= 15 is 0 Å². The van der Waals surface area contributed by atoms with Crippen molar-refractivity contribution in [3.05, 3.63) is 22.4 Å². The molecule has 0 aliphatic heterocycles. The number of hydrogen-bond donors (Lipinski definition) is 0. The maximum Gasteiger partial charge on any atom is 0.178 e. The van der Waals surface area contributed by atoms with Crippen LogP contribution in [0.25, 0.3) is 0 Å². The topological polar surface area (TPSA) is 17.1 Å². The number of carbonyl (C=O) groups excluding carboxylic acids is 1. The molecule has 1 fully saturated rings. The first-order valence-electron chi connectivity index (χ1n) is 4.81. The van der Waals surface area contributed by atoms with Gasteiger partial charge in [0.05, 0.1) is 4.88 Å². The minimum Gasteiger partial charge on any atom is -0.293 e. The number of thiophene rings is 1. The molecule has 70 valence electrons. The smallest absolute Gasteiger partial charge is 0.178 e. The van der Waals surface area contributed by atoms with Gasteiger partial charge in [-0.15, -0.1) is 11.3 Å². The fraction of sp³-hybridized carbons (Fsp3) is 0.545. The number of ketones is 1. The molecule has 1 nitrogen and oxygen atoms in total. The fourth-order valence-electron chi connectivity index (χ4n) is 2.09. The predicted octanol–water partition coefficient (Wildman–Crippen LogP) is 3.51. The molecule has 1 aliphatic rings. The molecular weight excluding hydrogens is 180 g/mol. The van der Waals surface area contributed by atoms with Crippen molar-refractivity contribution in [2.45, 2.75) is 32.6 Å². The zero-order valence-corrected chi connectivity index (χ0v) is 8.69. The zero-order chi connectivity index (χ0) is 9.31. The standard InChI is InChI=1S/C11H14OS/c1-11(6-2-3-7-11)10(12)9-5-4-8-13-9/h4-5,8H,2-3,6-7H2,1H3. The molecule has 1 aliphatic carbocycles. The molecule has 0 amide bonds. The Balaban J connectivity index is 2.21. The third-order valence-corrected chi connectivity index (χ3v) is 3.87. The lowest BCUT2D eigenvalue weighted by Crippen LogP contribution is -2.23. The van der Waals surface area contributed by atoms with Gasteiger partial charge < -0.3 is 0 Å². The van der Waals surface area contributed by atoms with Crippen molar-refractivity contribution >= 4 is 17.1 Å². The fourth-order valence-corrected chi connectivity index (χ4v) is 2.90. The van der Waals surface area contributed by atoms with Crippen LogP contribution in [0.2, 0.25) is 0 Å². The van der Waals surface area contributed by atoms with Gasteiger partial charge in [0, 0.05) is 5.41 Å². The van der Waals surface area contributed by atoms with E-state index in [1.54, 1.807) is 11.3 Å². The summed E-state index contributed by atoms with van der Waals surface area (Å²) >= 11 is 1.57. The molecule has 1 aromatic rings. The van der Waals surface area contributed by atoms with Crippen LogP contribution in [0.15, 0.2) is 17.5 Å². The second-order valence-electron chi connectivity index (χ2n) is 4.07. The van der Waals surface area contributed by atoms with Gasteiger partial charge in [-0.2, -0.15) is 0 Å². The molecule has 0 N–H and O–H groups in total. The second kappa shape index (κ2) is 3.26. The van der Waals surface area contributed by atoms with Crippen LogP contribution in [-0.4, -0.2) is 5.78 Å². The lowest BCUT2D eigenvalue weighted by atomic mass is 9.83. The van der Waals surface area contributed by atoms with Crippen molar-refractivity contribution in [1.29, 1.82) is 0 Å². The molecule has 0 spiro atoms. The predicted molar refractivity (Wildman–Crippen MR) is 55.2 cm³/mol. The van der Waals surface area contributed by atoms with Gasteiger partial charge in [0.2, 0.25) is 0 Å². The molecule has 2 heteroatoms. The average Bonchev–Trinajstić information content (AvgIpc) is 2.73. The Bertz CT molecular complexity index is 294. The van der Waals surface area contributed by atoms with E-state index in [-0.39, 0.29) is 5.41 Å². The Morgan fingerprint density at radius 1 is 1.46 bits per heavy atom. The zero-order valence-electron chi connectivity index (χ0n) is 7.88. The van der Waals surface area contributed by atoms with E-state index in [4.69, 9.17) is 0 Å². The first-order chi connectivity index (χ1) is 6.22. The van der Waals surface area contributed by atoms with Gasteiger partial charge >= 0.3 is 0 Å². The molecule has 1 saturated carbocycles. The summed E-state index contributed by atoms with van der Waals surface area (Å²) in [5, 5.41) is 1.98. The van der Waals surface area contributed by atoms with E-state index in [0.717, 1.165) is 17.7 Å². The lowest BCUT2D eigenvalue weighted by molar-refractivity contribution is 0.0828. The minimum atomic E-state index is -0.0507. The number of Topliss-reactive ketones (excluding diaryl/α,β-unsaturated/α-hetero) is 1. The molecule has 0 unspecified atom stereocenters. The number of hydrogen-bond acceptors (Lipinski definition) is 2. The molecule has 13 heavy (non-hydrogen) atoms. The summed E-state index contributed by atoms with van der Waals surface area (Å²) in [6.07, 6.45) is 4.58. The maximum atomic E-state index is 12.0. The molecule has 1 heterocycles. The van der Waals surface area contributed by atoms with Crippen molar-refractivity contribution in [3.8, 4) is 0 Å². The van der Waals surface area contributed by atoms with E-state index in [1.807, 2.05) is 17.5 Å². The van der Waals surface area contributed by atoms with E-state index in [2.05, 4.69) is 6.92 Å². The van der Waals surface area contributed by atoms with Crippen LogP contribution in [0.4, 0.5) is 0 Å². The van der Waals surface area contributed by atoms with Crippen LogP contribution in [0.3, 0.4) is 0 Å². The molecule has 0 bridgehead atoms. The highest BCUT2D eigenvalue weighted by Crippen LogP contribution is 2.40. The highest BCUT2D eigenvalue weighted by Gasteiger charge is 2.36. The van der Waals surface area contributed by atoms with E-state index in [1.165, 1.54) is 12.8 Å². The summed E-state index contributed by atoms with van der Waals surface area (Å²) in [4.78, 5) is 13.0. The van der Waals surface area contributed by atoms with Crippen LogP contribution in [-0.2, 0) is 0 Å². The van der Waals surface area contributed by atoms with Gasteiger partial charge in [-0.1, -0.05) is 25.8 Å². The quantitative estimate of drug-likeness (QED) is 0.658. The minimum absolute atomic E-state index is 0.0507. The lowest BCUT2D eigenvalue weighted by Gasteiger charge is -2.20. The number of carbonyl (C=O) groups is 1. The van der Waals surface area contributed by atoms with Gasteiger partial charge in [-0.3, -0.25) is 4.79 Å². The summed E-state index contributed by atoms with van der Waals surface area (Å²) in [6, 6.07) is 3.90. The Morgan fingerprint density at radius 3 is 2.69 bits per heavy atom. The van der Waals surface area contributed by atoms with Crippen LogP contribution in [0.5, 0.6) is 0 Å². The van der Waals surface area contributed by atoms with E-state index in [9.17, 15) is 4.79 Å². The van der Waals surface area contributed by atoms with Gasteiger partial charge in [-0.05, 0) is 24.3 Å². The highest BCUT2D eigenvalue weighted by atomic mass is 32.1. The third kappa shape index (κ3) is 1.55. The summed E-state index contributed by atoms with van der Waals surface area (Å²) in [7, 11) is 0. The summed E-state index contributed by atoms with van der Waals surface area (Å²) in [6.45, 7) is 2.11. The van der Waals surface area contributed by atoms with Crippen LogP contribution < -0.4 is 0 Å². The maximum absolute atomic E-state index is 12.0. The van der Waals surface area contributed by atoms with Gasteiger partial charge in [0.25, 0.3) is 0 Å². The van der Waals surface area contributed by atoms with Crippen molar-refractivity contribution in [3.63, 3.8) is 0 Å². The normalized spacial score (nSPS) is 20.4. The van der Waals surface area contributed by atoms with Crippen molar-refractivity contribution in [1.82, 2.24) is 0 Å². The highest BCUT2D eigenvalue weighted by molar-refractivity contribution is 7.12. The monoisotopic (exact) mass is 194 g/mol. The van der Waals surface area contributed by atoms with Gasteiger partial charge in [-0.25, -0.2) is 0 Å². The Labute approximate surface area is 82.8 Å².